The molecule has 3 aromatic rings. The molecule has 0 unspecified atom stereocenters. The highest BCUT2D eigenvalue weighted by molar-refractivity contribution is 7.19. The second-order valence-electron chi connectivity index (χ2n) is 7.32. The Hall–Kier alpha value is -2.67. The Morgan fingerprint density at radius 1 is 1.33 bits per heavy atom. The van der Waals surface area contributed by atoms with Crippen LogP contribution in [0.25, 0.3) is 10.2 Å². The number of nitrogens with two attached hydrogens (primary N) is 1. The van der Waals surface area contributed by atoms with Crippen LogP contribution in [-0.4, -0.2) is 28.5 Å². The summed E-state index contributed by atoms with van der Waals surface area (Å²) in [5.41, 5.74) is 7.83. The van der Waals surface area contributed by atoms with Crippen molar-refractivity contribution >= 4 is 39.0 Å². The average Bonchev–Trinajstić information content (AvgIpc) is 3.04. The highest BCUT2D eigenvalue weighted by atomic mass is 32.1. The summed E-state index contributed by atoms with van der Waals surface area (Å²) >= 11 is 1.77. The first-order valence-corrected chi connectivity index (χ1v) is 10.0. The topological polar surface area (TPSA) is 81.3 Å². The lowest BCUT2D eigenvalue weighted by Gasteiger charge is -2.34. The molecule has 6 nitrogen and oxygen atoms in total. The lowest BCUT2D eigenvalue weighted by Crippen LogP contribution is -2.45. The molecule has 138 valence electrons. The van der Waals surface area contributed by atoms with E-state index in [1.807, 2.05) is 24.3 Å². The van der Waals surface area contributed by atoms with E-state index < -0.39 is 12.0 Å². The molecule has 1 aromatic carbocycles. The van der Waals surface area contributed by atoms with Crippen molar-refractivity contribution in [2.24, 2.45) is 11.7 Å². The maximum Gasteiger partial charge on any atom is 0.260 e. The minimum atomic E-state index is -0.709. The lowest BCUT2D eigenvalue weighted by atomic mass is 9.89. The molecule has 1 aliphatic heterocycles. The van der Waals surface area contributed by atoms with Gasteiger partial charge in [0.05, 0.1) is 17.6 Å². The molecule has 0 bridgehead atoms. The number of benzene rings is 1. The molecule has 2 atom stereocenters. The number of thiophene rings is 1. The van der Waals surface area contributed by atoms with Gasteiger partial charge in [-0.15, -0.1) is 11.3 Å². The van der Waals surface area contributed by atoms with E-state index in [4.69, 9.17) is 10.5 Å². The number of fused-ring (bicyclic) bond motifs is 4. The van der Waals surface area contributed by atoms with Gasteiger partial charge in [-0.3, -0.25) is 4.79 Å². The van der Waals surface area contributed by atoms with Crippen LogP contribution in [0, 0.1) is 5.92 Å². The van der Waals surface area contributed by atoms with Gasteiger partial charge in [0.15, 0.2) is 6.10 Å². The second kappa shape index (κ2) is 6.20. The predicted octanol–water partition coefficient (Wildman–Crippen LogP) is 3.20. The molecule has 0 fully saturated rings. The Kier molecular flexibility index (Phi) is 3.79. The summed E-state index contributed by atoms with van der Waals surface area (Å²) in [6.45, 7) is 2.65. The van der Waals surface area contributed by atoms with Crippen LogP contribution in [0.2, 0.25) is 0 Å². The van der Waals surface area contributed by atoms with E-state index in [0.717, 1.165) is 34.6 Å². The first kappa shape index (κ1) is 16.5. The highest BCUT2D eigenvalue weighted by Gasteiger charge is 2.33. The number of carbonyl (C=O) groups is 1. The Labute approximate surface area is 161 Å². The summed E-state index contributed by atoms with van der Waals surface area (Å²) in [7, 11) is 0. The van der Waals surface area contributed by atoms with Crippen molar-refractivity contribution in [3.05, 3.63) is 41.0 Å². The number of primary amides is 1. The van der Waals surface area contributed by atoms with Gasteiger partial charge >= 0.3 is 0 Å². The zero-order valence-electron chi connectivity index (χ0n) is 15.0. The van der Waals surface area contributed by atoms with Crippen molar-refractivity contribution in [3.63, 3.8) is 0 Å². The largest absolute Gasteiger partial charge is 0.477 e. The van der Waals surface area contributed by atoms with E-state index in [9.17, 15) is 4.79 Å². The minimum absolute atomic E-state index is 0.347. The number of carbonyl (C=O) groups excluding carboxylic acids is 1. The van der Waals surface area contributed by atoms with Crippen LogP contribution in [-0.2, 0) is 17.6 Å². The Morgan fingerprint density at radius 3 is 3.04 bits per heavy atom. The first-order chi connectivity index (χ1) is 13.1. The number of para-hydroxylation sites is 2. The Bertz CT molecular complexity index is 1050. The van der Waals surface area contributed by atoms with Crippen LogP contribution in [0.5, 0.6) is 5.75 Å². The number of hydrogen-bond donors (Lipinski definition) is 1. The van der Waals surface area contributed by atoms with Crippen LogP contribution in [0.4, 0.5) is 11.5 Å². The highest BCUT2D eigenvalue weighted by Crippen LogP contribution is 2.44. The second-order valence-corrected chi connectivity index (χ2v) is 8.40. The van der Waals surface area contributed by atoms with Crippen LogP contribution in [0.3, 0.4) is 0 Å². The van der Waals surface area contributed by atoms with Gasteiger partial charge in [0, 0.05) is 4.88 Å². The molecule has 0 radical (unpaired) electrons. The normalized spacial score (nSPS) is 21.4. The third-order valence-electron chi connectivity index (χ3n) is 5.42. The molecule has 0 saturated carbocycles. The van der Waals surface area contributed by atoms with E-state index in [-0.39, 0.29) is 0 Å². The van der Waals surface area contributed by atoms with Gasteiger partial charge < -0.3 is 15.4 Å². The van der Waals surface area contributed by atoms with Crippen molar-refractivity contribution in [3.8, 4) is 5.75 Å². The number of aryl methyl sites for hydroxylation is 1. The van der Waals surface area contributed by atoms with E-state index in [0.29, 0.717) is 18.2 Å². The molecule has 1 amide bonds. The number of ether oxygens (including phenoxy) is 1. The smallest absolute Gasteiger partial charge is 0.260 e. The van der Waals surface area contributed by atoms with Gasteiger partial charge in [0.1, 0.15) is 22.7 Å². The summed E-state index contributed by atoms with van der Waals surface area (Å²) in [6.07, 6.45) is 4.22. The van der Waals surface area contributed by atoms with Gasteiger partial charge in [-0.25, -0.2) is 9.97 Å². The third kappa shape index (κ3) is 2.65. The zero-order valence-corrected chi connectivity index (χ0v) is 15.8. The van der Waals surface area contributed by atoms with Crippen molar-refractivity contribution in [1.29, 1.82) is 0 Å². The summed E-state index contributed by atoms with van der Waals surface area (Å²) in [6, 6.07) is 7.70. The van der Waals surface area contributed by atoms with E-state index in [2.05, 4.69) is 21.8 Å². The summed E-state index contributed by atoms with van der Waals surface area (Å²) < 4.78 is 5.81. The van der Waals surface area contributed by atoms with Crippen LogP contribution >= 0.6 is 11.3 Å². The Morgan fingerprint density at radius 2 is 2.19 bits per heavy atom. The van der Waals surface area contributed by atoms with Crippen LogP contribution in [0.1, 0.15) is 23.8 Å². The van der Waals surface area contributed by atoms with Crippen molar-refractivity contribution in [2.75, 3.05) is 11.4 Å². The molecule has 2 aromatic heterocycles. The van der Waals surface area contributed by atoms with Crippen molar-refractivity contribution in [1.82, 2.24) is 9.97 Å². The number of nitrogens with zero attached hydrogens (tertiary/aromatic N) is 3. The van der Waals surface area contributed by atoms with E-state index in [1.165, 1.54) is 16.9 Å². The maximum absolute atomic E-state index is 11.9. The van der Waals surface area contributed by atoms with Crippen molar-refractivity contribution in [2.45, 2.75) is 32.3 Å². The van der Waals surface area contributed by atoms with Gasteiger partial charge in [-0.1, -0.05) is 19.1 Å². The molecule has 0 spiro atoms. The number of hydrogen-bond acceptors (Lipinski definition) is 6. The summed E-state index contributed by atoms with van der Waals surface area (Å²) in [5.74, 6) is 1.72. The molecule has 2 aliphatic rings. The molecule has 27 heavy (non-hydrogen) atoms. The fraction of sp³-hybridized carbons (Fsp3) is 0.350. The van der Waals surface area contributed by atoms with Gasteiger partial charge in [0.25, 0.3) is 5.91 Å². The molecule has 5 rings (SSSR count). The predicted molar refractivity (Wildman–Crippen MR) is 106 cm³/mol. The molecule has 7 heteroatoms. The monoisotopic (exact) mass is 380 g/mol. The number of anilines is 2. The summed E-state index contributed by atoms with van der Waals surface area (Å²) in [5, 5.41) is 1.12. The first-order valence-electron chi connectivity index (χ1n) is 9.19. The molecular formula is C20H20N4O2S. The fourth-order valence-electron chi connectivity index (χ4n) is 4.05. The summed E-state index contributed by atoms with van der Waals surface area (Å²) in [4.78, 5) is 25.5. The number of rotatable bonds is 2. The minimum Gasteiger partial charge on any atom is -0.477 e. The molecule has 2 N–H and O–H groups in total. The average molecular weight is 380 g/mol. The number of amides is 1. The van der Waals surface area contributed by atoms with Crippen molar-refractivity contribution < 1.29 is 9.53 Å². The SMILES string of the molecule is C[C@H]1CCc2c(sc3ncnc(N4C[C@H](C(N)=O)Oc5ccccc54)c23)C1. The van der Waals surface area contributed by atoms with Crippen LogP contribution < -0.4 is 15.4 Å². The molecule has 0 saturated heterocycles. The lowest BCUT2D eigenvalue weighted by molar-refractivity contribution is -0.124. The zero-order chi connectivity index (χ0) is 18.5. The van der Waals surface area contributed by atoms with Gasteiger partial charge in [-0.05, 0) is 42.9 Å². The fourth-order valence-corrected chi connectivity index (χ4v) is 5.39. The molecular weight excluding hydrogens is 360 g/mol. The third-order valence-corrected chi connectivity index (χ3v) is 6.58. The Balaban J connectivity index is 1.70. The van der Waals surface area contributed by atoms with E-state index in [1.54, 1.807) is 17.7 Å². The van der Waals surface area contributed by atoms with Crippen LogP contribution in [0.15, 0.2) is 30.6 Å². The standard InChI is InChI=1S/C20H20N4O2S/c1-11-6-7-12-16(8-11)27-20-17(12)19(22-10-23-20)24-9-15(18(21)25)26-14-5-3-2-4-13(14)24/h2-5,10-11,15H,6-9H2,1H3,(H2,21,25)/t11-,15+/m0/s1. The molecule has 3 heterocycles. The quantitative estimate of drug-likeness (QED) is 0.738. The number of aromatic nitrogens is 2. The van der Waals surface area contributed by atoms with Gasteiger partial charge in [0.2, 0.25) is 0 Å². The van der Waals surface area contributed by atoms with E-state index >= 15 is 0 Å². The molecule has 1 aliphatic carbocycles. The van der Waals surface area contributed by atoms with Gasteiger partial charge in [-0.2, -0.15) is 0 Å². The maximum atomic E-state index is 11.9.